The van der Waals surface area contributed by atoms with E-state index in [1.807, 2.05) is 13.8 Å². The van der Waals surface area contributed by atoms with Crippen LogP contribution in [0.2, 0.25) is 5.02 Å². The Balaban J connectivity index is 1.62. The molecule has 0 spiro atoms. The lowest BCUT2D eigenvalue weighted by molar-refractivity contribution is 0.0535. The fraction of sp³-hybridized carbons (Fsp3) is 0.381. The highest BCUT2D eigenvalue weighted by Crippen LogP contribution is 2.24. The number of hydrogen-bond donors (Lipinski definition) is 0. The first-order chi connectivity index (χ1) is 13.9. The molecule has 0 saturated carbocycles. The van der Waals surface area contributed by atoms with Crippen molar-refractivity contribution in [3.63, 3.8) is 0 Å². The van der Waals surface area contributed by atoms with Crippen LogP contribution >= 0.6 is 11.6 Å². The molecule has 0 aliphatic carbocycles. The minimum atomic E-state index is -0.163. The Morgan fingerprint density at radius 3 is 2.21 bits per heavy atom. The summed E-state index contributed by atoms with van der Waals surface area (Å²) in [5.74, 6) is 0.714. The Bertz CT molecular complexity index is 895. The SMILES string of the molecule is COc1cccc(C(=O)N2CCN(C(=O)c3cnc(OC(C)C)c(Cl)c3)CC2)c1. The van der Waals surface area contributed by atoms with Crippen molar-refractivity contribution < 1.29 is 19.1 Å². The van der Waals surface area contributed by atoms with Crippen LogP contribution in [0.25, 0.3) is 0 Å². The second-order valence-electron chi connectivity index (χ2n) is 6.99. The molecule has 1 aliphatic heterocycles. The van der Waals surface area contributed by atoms with Crippen LogP contribution in [0.15, 0.2) is 36.5 Å². The van der Waals surface area contributed by atoms with E-state index in [4.69, 9.17) is 21.1 Å². The normalized spacial score (nSPS) is 14.1. The van der Waals surface area contributed by atoms with Gasteiger partial charge in [0.1, 0.15) is 10.8 Å². The molecule has 29 heavy (non-hydrogen) atoms. The molecule has 8 heteroatoms. The summed E-state index contributed by atoms with van der Waals surface area (Å²) in [6, 6.07) is 8.63. The van der Waals surface area contributed by atoms with Gasteiger partial charge < -0.3 is 19.3 Å². The third kappa shape index (κ3) is 4.98. The number of rotatable bonds is 5. The van der Waals surface area contributed by atoms with Crippen molar-refractivity contribution in [1.29, 1.82) is 0 Å². The van der Waals surface area contributed by atoms with E-state index in [1.54, 1.807) is 47.2 Å². The summed E-state index contributed by atoms with van der Waals surface area (Å²) < 4.78 is 10.7. The number of piperazine rings is 1. The van der Waals surface area contributed by atoms with Gasteiger partial charge in [-0.1, -0.05) is 17.7 Å². The first-order valence-corrected chi connectivity index (χ1v) is 9.81. The zero-order valence-corrected chi connectivity index (χ0v) is 17.5. The number of carbonyl (C=O) groups excluding carboxylic acids is 2. The maximum atomic E-state index is 12.8. The van der Waals surface area contributed by atoms with E-state index in [1.165, 1.54) is 6.20 Å². The van der Waals surface area contributed by atoms with Crippen LogP contribution in [0.1, 0.15) is 34.6 Å². The van der Waals surface area contributed by atoms with Crippen molar-refractivity contribution in [1.82, 2.24) is 14.8 Å². The van der Waals surface area contributed by atoms with Crippen molar-refractivity contribution in [3.8, 4) is 11.6 Å². The molecule has 7 nitrogen and oxygen atoms in total. The van der Waals surface area contributed by atoms with Gasteiger partial charge >= 0.3 is 0 Å². The number of pyridine rings is 1. The third-order valence-electron chi connectivity index (χ3n) is 4.57. The molecule has 1 fully saturated rings. The Labute approximate surface area is 175 Å². The van der Waals surface area contributed by atoms with Gasteiger partial charge in [0.15, 0.2) is 0 Å². The Morgan fingerprint density at radius 1 is 1.03 bits per heavy atom. The maximum Gasteiger partial charge on any atom is 0.255 e. The van der Waals surface area contributed by atoms with Gasteiger partial charge in [-0.2, -0.15) is 0 Å². The van der Waals surface area contributed by atoms with Gasteiger partial charge in [0, 0.05) is 37.9 Å². The summed E-state index contributed by atoms with van der Waals surface area (Å²) in [5.41, 5.74) is 0.972. The van der Waals surface area contributed by atoms with Gasteiger partial charge in [-0.25, -0.2) is 4.98 Å². The van der Waals surface area contributed by atoms with E-state index in [9.17, 15) is 9.59 Å². The minimum absolute atomic E-state index is 0.0586. The number of nitrogens with zero attached hydrogens (tertiary/aromatic N) is 3. The topological polar surface area (TPSA) is 72.0 Å². The van der Waals surface area contributed by atoms with E-state index >= 15 is 0 Å². The monoisotopic (exact) mass is 417 g/mol. The van der Waals surface area contributed by atoms with Crippen molar-refractivity contribution in [3.05, 3.63) is 52.7 Å². The predicted molar refractivity (Wildman–Crippen MR) is 110 cm³/mol. The molecule has 0 unspecified atom stereocenters. The van der Waals surface area contributed by atoms with E-state index in [2.05, 4.69) is 4.98 Å². The van der Waals surface area contributed by atoms with Gasteiger partial charge in [0.25, 0.3) is 11.8 Å². The lowest BCUT2D eigenvalue weighted by Gasteiger charge is -2.35. The Kier molecular flexibility index (Phi) is 6.59. The first kappa shape index (κ1) is 20.9. The van der Waals surface area contributed by atoms with Crippen molar-refractivity contribution in [2.75, 3.05) is 33.3 Å². The molecule has 2 aromatic rings. The zero-order valence-electron chi connectivity index (χ0n) is 16.7. The molecular formula is C21H24ClN3O4. The van der Waals surface area contributed by atoms with E-state index in [0.717, 1.165) is 0 Å². The lowest BCUT2D eigenvalue weighted by Crippen LogP contribution is -2.50. The smallest absolute Gasteiger partial charge is 0.255 e. The second-order valence-corrected chi connectivity index (χ2v) is 7.40. The predicted octanol–water partition coefficient (Wildman–Crippen LogP) is 3.13. The van der Waals surface area contributed by atoms with Gasteiger partial charge in [0.05, 0.1) is 18.8 Å². The Morgan fingerprint density at radius 2 is 1.66 bits per heavy atom. The van der Waals surface area contributed by atoms with Crippen LogP contribution in [-0.2, 0) is 0 Å². The number of carbonyl (C=O) groups is 2. The summed E-state index contributed by atoms with van der Waals surface area (Å²) in [6.07, 6.45) is 1.41. The molecule has 0 atom stereocenters. The zero-order chi connectivity index (χ0) is 21.0. The summed E-state index contributed by atoms with van der Waals surface area (Å²) >= 11 is 6.19. The summed E-state index contributed by atoms with van der Waals surface area (Å²) in [6.45, 7) is 5.55. The van der Waals surface area contributed by atoms with Crippen molar-refractivity contribution in [2.24, 2.45) is 0 Å². The molecule has 1 saturated heterocycles. The number of amides is 2. The molecule has 1 aliphatic rings. The fourth-order valence-electron chi connectivity index (χ4n) is 3.09. The largest absolute Gasteiger partial charge is 0.497 e. The van der Waals surface area contributed by atoms with Crippen molar-refractivity contribution in [2.45, 2.75) is 20.0 Å². The molecule has 3 rings (SSSR count). The average Bonchev–Trinajstić information content (AvgIpc) is 2.74. The average molecular weight is 418 g/mol. The standard InChI is InChI=1S/C21H24ClN3O4/c1-14(2)29-19-18(22)12-16(13-23-19)21(27)25-9-7-24(8-10-25)20(26)15-5-4-6-17(11-15)28-3/h4-6,11-14H,7-10H2,1-3H3. The molecule has 2 heterocycles. The molecule has 154 valence electrons. The third-order valence-corrected chi connectivity index (χ3v) is 4.84. The van der Waals surface area contributed by atoms with Gasteiger partial charge in [-0.15, -0.1) is 0 Å². The van der Waals surface area contributed by atoms with Crippen LogP contribution < -0.4 is 9.47 Å². The number of aromatic nitrogens is 1. The highest BCUT2D eigenvalue weighted by Gasteiger charge is 2.26. The minimum Gasteiger partial charge on any atom is -0.497 e. The maximum absolute atomic E-state index is 12.8. The second kappa shape index (κ2) is 9.13. The molecule has 0 N–H and O–H groups in total. The molecular weight excluding hydrogens is 394 g/mol. The van der Waals surface area contributed by atoms with Crippen molar-refractivity contribution >= 4 is 23.4 Å². The molecule has 1 aromatic heterocycles. The number of benzene rings is 1. The summed E-state index contributed by atoms with van der Waals surface area (Å²) in [5, 5.41) is 0.302. The highest BCUT2D eigenvalue weighted by atomic mass is 35.5. The first-order valence-electron chi connectivity index (χ1n) is 9.44. The van der Waals surface area contributed by atoms with E-state index in [0.29, 0.717) is 54.0 Å². The number of hydrogen-bond acceptors (Lipinski definition) is 5. The molecule has 0 radical (unpaired) electrons. The summed E-state index contributed by atoms with van der Waals surface area (Å²) in [4.78, 5) is 33.1. The van der Waals surface area contributed by atoms with Gasteiger partial charge in [-0.3, -0.25) is 9.59 Å². The lowest BCUT2D eigenvalue weighted by atomic mass is 10.1. The van der Waals surface area contributed by atoms with E-state index < -0.39 is 0 Å². The molecule has 2 amide bonds. The van der Waals surface area contributed by atoms with Crippen LogP contribution in [-0.4, -0.2) is 66.0 Å². The molecule has 0 bridgehead atoms. The fourth-order valence-corrected chi connectivity index (χ4v) is 3.30. The number of ether oxygens (including phenoxy) is 2. The van der Waals surface area contributed by atoms with Gasteiger partial charge in [0.2, 0.25) is 5.88 Å². The van der Waals surface area contributed by atoms with E-state index in [-0.39, 0.29) is 17.9 Å². The van der Waals surface area contributed by atoms with Crippen LogP contribution in [0.4, 0.5) is 0 Å². The highest BCUT2D eigenvalue weighted by molar-refractivity contribution is 6.32. The van der Waals surface area contributed by atoms with Crippen LogP contribution in [0.3, 0.4) is 0 Å². The number of halogens is 1. The quantitative estimate of drug-likeness (QED) is 0.747. The summed E-state index contributed by atoms with van der Waals surface area (Å²) in [7, 11) is 1.57. The van der Waals surface area contributed by atoms with Crippen LogP contribution in [0.5, 0.6) is 11.6 Å². The molecule has 1 aromatic carbocycles. The number of methoxy groups -OCH3 is 1. The van der Waals surface area contributed by atoms with Gasteiger partial charge in [-0.05, 0) is 38.1 Å². The van der Waals surface area contributed by atoms with Crippen LogP contribution in [0, 0.1) is 0 Å². The Hall–Kier alpha value is -2.80.